The molecule has 0 aliphatic carbocycles. The minimum absolute atomic E-state index is 0.519. The van der Waals surface area contributed by atoms with Crippen molar-refractivity contribution in [2.75, 3.05) is 0 Å². The van der Waals surface area contributed by atoms with Crippen LogP contribution < -0.4 is 5.73 Å². The molecule has 1 aromatic rings. The zero-order valence-electron chi connectivity index (χ0n) is 8.28. The summed E-state index contributed by atoms with van der Waals surface area (Å²) in [7, 11) is 0. The van der Waals surface area contributed by atoms with Crippen molar-refractivity contribution < 1.29 is 8.78 Å². The number of amidine groups is 1. The third kappa shape index (κ3) is 4.29. The molecule has 0 saturated heterocycles. The van der Waals surface area contributed by atoms with Crippen molar-refractivity contribution in [3.63, 3.8) is 0 Å². The molecule has 1 rings (SSSR count). The monoisotopic (exact) mass is 230 g/mol. The van der Waals surface area contributed by atoms with E-state index in [1.54, 1.807) is 24.3 Å². The molecule has 0 saturated carbocycles. The van der Waals surface area contributed by atoms with E-state index in [0.29, 0.717) is 34.6 Å². The average molecular weight is 230 g/mol. The summed E-state index contributed by atoms with van der Waals surface area (Å²) in [6, 6.07) is 6.57. The molecule has 0 bridgehead atoms. The number of alkyl halides is 2. The fourth-order valence-electron chi connectivity index (χ4n) is 0.947. The maximum absolute atomic E-state index is 12.0. The molecule has 82 valence electrons. The summed E-state index contributed by atoms with van der Waals surface area (Å²) in [5, 5.41) is 0. The SMILES string of the molecule is CCC(N)=Nc1ccc(SC(F)F)cc1. The second-order valence-corrected chi connectivity index (χ2v) is 3.89. The maximum atomic E-state index is 12.0. The van der Waals surface area contributed by atoms with Crippen LogP contribution in [0.4, 0.5) is 14.5 Å². The first-order chi connectivity index (χ1) is 7.11. The van der Waals surface area contributed by atoms with Crippen LogP contribution in [0.2, 0.25) is 0 Å². The van der Waals surface area contributed by atoms with Gasteiger partial charge < -0.3 is 5.73 Å². The fourth-order valence-corrected chi connectivity index (χ4v) is 1.45. The average Bonchev–Trinajstić information content (AvgIpc) is 2.20. The van der Waals surface area contributed by atoms with E-state index in [9.17, 15) is 8.78 Å². The number of hydrogen-bond acceptors (Lipinski definition) is 2. The number of nitrogens with zero attached hydrogens (tertiary/aromatic N) is 1. The zero-order valence-corrected chi connectivity index (χ0v) is 9.10. The number of hydrogen-bond donors (Lipinski definition) is 1. The van der Waals surface area contributed by atoms with Gasteiger partial charge in [0, 0.05) is 11.3 Å². The van der Waals surface area contributed by atoms with E-state index in [1.165, 1.54) is 0 Å². The standard InChI is InChI=1S/C10H12F2N2S/c1-2-9(13)14-7-3-5-8(6-4-7)15-10(11)12/h3-6,10H,2H2,1H3,(H2,13,14). The van der Waals surface area contributed by atoms with E-state index >= 15 is 0 Å². The maximum Gasteiger partial charge on any atom is 0.288 e. The Kier molecular flexibility index (Phi) is 4.55. The lowest BCUT2D eigenvalue weighted by atomic mass is 10.3. The second kappa shape index (κ2) is 5.70. The van der Waals surface area contributed by atoms with Crippen LogP contribution in [0.3, 0.4) is 0 Å². The number of nitrogens with two attached hydrogens (primary N) is 1. The second-order valence-electron chi connectivity index (χ2n) is 2.83. The van der Waals surface area contributed by atoms with Crippen molar-refractivity contribution in [2.24, 2.45) is 10.7 Å². The third-order valence-electron chi connectivity index (χ3n) is 1.70. The molecule has 5 heteroatoms. The Morgan fingerprint density at radius 3 is 2.47 bits per heavy atom. The summed E-state index contributed by atoms with van der Waals surface area (Å²) in [6.07, 6.45) is 0.674. The van der Waals surface area contributed by atoms with Crippen molar-refractivity contribution in [3.8, 4) is 0 Å². The number of rotatable bonds is 4. The first-order valence-electron chi connectivity index (χ1n) is 4.49. The highest BCUT2D eigenvalue weighted by molar-refractivity contribution is 7.99. The Labute approximate surface area is 91.6 Å². The molecule has 0 atom stereocenters. The van der Waals surface area contributed by atoms with Crippen molar-refractivity contribution >= 4 is 23.3 Å². The van der Waals surface area contributed by atoms with Crippen molar-refractivity contribution in [1.82, 2.24) is 0 Å². The molecule has 0 amide bonds. The molecule has 0 heterocycles. The molecule has 15 heavy (non-hydrogen) atoms. The predicted octanol–water partition coefficient (Wildman–Crippen LogP) is 3.40. The van der Waals surface area contributed by atoms with Crippen LogP contribution in [-0.2, 0) is 0 Å². The van der Waals surface area contributed by atoms with Crippen LogP contribution in [0.25, 0.3) is 0 Å². The van der Waals surface area contributed by atoms with Crippen LogP contribution >= 0.6 is 11.8 Å². The molecule has 2 nitrogen and oxygen atoms in total. The lowest BCUT2D eigenvalue weighted by Gasteiger charge is -2.01. The van der Waals surface area contributed by atoms with Crippen molar-refractivity contribution in [2.45, 2.75) is 24.0 Å². The Balaban J connectivity index is 2.72. The lowest BCUT2D eigenvalue weighted by Crippen LogP contribution is -2.08. The van der Waals surface area contributed by atoms with Crippen LogP contribution in [0.1, 0.15) is 13.3 Å². The highest BCUT2D eigenvalue weighted by Gasteiger charge is 2.04. The van der Waals surface area contributed by atoms with Gasteiger partial charge >= 0.3 is 0 Å². The molecule has 0 spiro atoms. The first-order valence-corrected chi connectivity index (χ1v) is 5.37. The minimum atomic E-state index is -2.39. The summed E-state index contributed by atoms with van der Waals surface area (Å²) in [4.78, 5) is 4.62. The van der Waals surface area contributed by atoms with E-state index in [1.807, 2.05) is 6.92 Å². The number of aliphatic imine (C=N–C) groups is 1. The molecular formula is C10H12F2N2S. The molecule has 0 aromatic heterocycles. The van der Waals surface area contributed by atoms with Gasteiger partial charge in [0.1, 0.15) is 0 Å². The molecule has 0 fully saturated rings. The Morgan fingerprint density at radius 1 is 1.40 bits per heavy atom. The number of benzene rings is 1. The van der Waals surface area contributed by atoms with Gasteiger partial charge in [-0.05, 0) is 24.3 Å². The highest BCUT2D eigenvalue weighted by Crippen LogP contribution is 2.26. The van der Waals surface area contributed by atoms with Crippen molar-refractivity contribution in [3.05, 3.63) is 24.3 Å². The van der Waals surface area contributed by atoms with Gasteiger partial charge in [-0.1, -0.05) is 18.7 Å². The molecule has 2 N–H and O–H groups in total. The summed E-state index contributed by atoms with van der Waals surface area (Å²) >= 11 is 0.519. The summed E-state index contributed by atoms with van der Waals surface area (Å²) < 4.78 is 24.0. The first kappa shape index (κ1) is 12.0. The largest absolute Gasteiger partial charge is 0.387 e. The highest BCUT2D eigenvalue weighted by atomic mass is 32.2. The van der Waals surface area contributed by atoms with Crippen LogP contribution in [0.15, 0.2) is 34.2 Å². The van der Waals surface area contributed by atoms with E-state index in [2.05, 4.69) is 4.99 Å². The minimum Gasteiger partial charge on any atom is -0.387 e. The molecule has 0 unspecified atom stereocenters. The van der Waals surface area contributed by atoms with E-state index in [4.69, 9.17) is 5.73 Å². The fraction of sp³-hybridized carbons (Fsp3) is 0.300. The molecule has 0 aliphatic rings. The summed E-state index contributed by atoms with van der Waals surface area (Å²) in [5.41, 5.74) is 6.24. The third-order valence-corrected chi connectivity index (χ3v) is 2.42. The smallest absolute Gasteiger partial charge is 0.288 e. The Bertz CT molecular complexity index is 336. The van der Waals surface area contributed by atoms with Gasteiger partial charge in [0.15, 0.2) is 0 Å². The Hall–Kier alpha value is -1.10. The van der Waals surface area contributed by atoms with Gasteiger partial charge in [-0.2, -0.15) is 8.78 Å². The van der Waals surface area contributed by atoms with Gasteiger partial charge in [-0.15, -0.1) is 0 Å². The molecule has 1 aromatic carbocycles. The number of halogens is 2. The summed E-state index contributed by atoms with van der Waals surface area (Å²) in [6.45, 7) is 1.90. The summed E-state index contributed by atoms with van der Waals surface area (Å²) in [5.74, 6) is -1.86. The van der Waals surface area contributed by atoms with Crippen LogP contribution in [0.5, 0.6) is 0 Å². The number of thioether (sulfide) groups is 1. The molecule has 0 aliphatic heterocycles. The topological polar surface area (TPSA) is 38.4 Å². The van der Waals surface area contributed by atoms with Gasteiger partial charge in [-0.3, -0.25) is 0 Å². The molecular weight excluding hydrogens is 218 g/mol. The van der Waals surface area contributed by atoms with Gasteiger partial charge in [0.2, 0.25) is 0 Å². The van der Waals surface area contributed by atoms with E-state index in [0.717, 1.165) is 0 Å². The van der Waals surface area contributed by atoms with Crippen molar-refractivity contribution in [1.29, 1.82) is 0 Å². The van der Waals surface area contributed by atoms with Crippen LogP contribution in [0, 0.1) is 0 Å². The van der Waals surface area contributed by atoms with E-state index in [-0.39, 0.29) is 0 Å². The zero-order chi connectivity index (χ0) is 11.3. The molecule has 0 radical (unpaired) electrons. The van der Waals surface area contributed by atoms with E-state index < -0.39 is 5.76 Å². The lowest BCUT2D eigenvalue weighted by molar-refractivity contribution is 0.252. The van der Waals surface area contributed by atoms with Gasteiger partial charge in [0.25, 0.3) is 5.76 Å². The predicted molar refractivity (Wildman–Crippen MR) is 59.9 cm³/mol. The van der Waals surface area contributed by atoms with Gasteiger partial charge in [0.05, 0.1) is 11.5 Å². The van der Waals surface area contributed by atoms with Crippen LogP contribution in [-0.4, -0.2) is 11.6 Å². The Morgan fingerprint density at radius 2 is 2.00 bits per heavy atom. The normalized spacial score (nSPS) is 12.1. The quantitative estimate of drug-likeness (QED) is 0.489. The van der Waals surface area contributed by atoms with Gasteiger partial charge in [-0.25, -0.2) is 4.99 Å².